The molecule has 7 nitrogen and oxygen atoms in total. The van der Waals surface area contributed by atoms with E-state index < -0.39 is 28.6 Å². The molecular weight excluding hydrogens is 408 g/mol. The van der Waals surface area contributed by atoms with Gasteiger partial charge in [-0.25, -0.2) is 13.6 Å². The van der Waals surface area contributed by atoms with Gasteiger partial charge >= 0.3 is 5.97 Å². The molecule has 1 unspecified atom stereocenters. The van der Waals surface area contributed by atoms with E-state index in [4.69, 9.17) is 4.74 Å². The highest BCUT2D eigenvalue weighted by molar-refractivity contribution is 5.93. The van der Waals surface area contributed by atoms with E-state index in [2.05, 4.69) is 4.90 Å². The molecule has 2 saturated heterocycles. The number of carboxylic acid groups (broad SMARTS) is 1. The molecule has 0 saturated carbocycles. The summed E-state index contributed by atoms with van der Waals surface area (Å²) in [5.41, 5.74) is -1.66. The van der Waals surface area contributed by atoms with Crippen molar-refractivity contribution in [1.29, 1.82) is 0 Å². The Morgan fingerprint density at radius 2 is 1.97 bits per heavy atom. The number of aromatic carboxylic acids is 1. The molecule has 1 N–H and O–H groups in total. The van der Waals surface area contributed by atoms with Crippen molar-refractivity contribution in [3.63, 3.8) is 0 Å². The minimum Gasteiger partial charge on any atom is -0.477 e. The number of rotatable bonds is 5. The summed E-state index contributed by atoms with van der Waals surface area (Å²) in [5.74, 6) is -3.14. The van der Waals surface area contributed by atoms with Gasteiger partial charge in [-0.3, -0.25) is 4.79 Å². The Kier molecular flexibility index (Phi) is 6.24. The van der Waals surface area contributed by atoms with Crippen molar-refractivity contribution < 1.29 is 23.4 Å². The summed E-state index contributed by atoms with van der Waals surface area (Å²) in [6, 6.07) is 0.962. The second kappa shape index (κ2) is 8.92. The number of piperidine rings is 1. The van der Waals surface area contributed by atoms with Gasteiger partial charge in [-0.1, -0.05) is 6.42 Å². The Labute approximate surface area is 178 Å². The lowest BCUT2D eigenvalue weighted by Gasteiger charge is -2.38. The van der Waals surface area contributed by atoms with Gasteiger partial charge in [-0.15, -0.1) is 0 Å². The first-order chi connectivity index (χ1) is 14.9. The number of morpholine rings is 1. The number of hydrogen-bond acceptors (Lipinski definition) is 5. The first kappa shape index (κ1) is 21.7. The summed E-state index contributed by atoms with van der Waals surface area (Å²) in [4.78, 5) is 27.9. The first-order valence-electron chi connectivity index (χ1n) is 10.8. The lowest BCUT2D eigenvalue weighted by molar-refractivity contribution is 0.0118. The van der Waals surface area contributed by atoms with E-state index in [1.165, 1.54) is 11.0 Å². The fraction of sp³-hybridized carbons (Fsp3) is 0.545. The summed E-state index contributed by atoms with van der Waals surface area (Å²) in [7, 11) is 0. The van der Waals surface area contributed by atoms with Crippen LogP contribution in [0.25, 0.3) is 10.9 Å². The third kappa shape index (κ3) is 4.16. The second-order valence-corrected chi connectivity index (χ2v) is 8.18. The molecule has 0 spiro atoms. The van der Waals surface area contributed by atoms with Crippen LogP contribution in [0.1, 0.15) is 36.5 Å². The highest BCUT2D eigenvalue weighted by Gasteiger charge is 2.29. The summed E-state index contributed by atoms with van der Waals surface area (Å²) in [6.45, 7) is 5.71. The van der Waals surface area contributed by atoms with Crippen LogP contribution in [0.5, 0.6) is 0 Å². The minimum absolute atomic E-state index is 0.0760. The molecule has 3 heterocycles. The van der Waals surface area contributed by atoms with Crippen LogP contribution >= 0.6 is 0 Å². The number of nitrogens with zero attached hydrogens (tertiary/aromatic N) is 3. The molecule has 9 heteroatoms. The van der Waals surface area contributed by atoms with Crippen LogP contribution in [0.15, 0.2) is 17.1 Å². The number of hydrogen-bond donors (Lipinski definition) is 1. The Morgan fingerprint density at radius 1 is 1.23 bits per heavy atom. The highest BCUT2D eigenvalue weighted by atomic mass is 19.1. The number of carboxylic acids is 1. The van der Waals surface area contributed by atoms with E-state index in [1.807, 2.05) is 0 Å². The molecule has 1 aromatic heterocycles. The fourth-order valence-corrected chi connectivity index (χ4v) is 4.63. The Hall–Kier alpha value is -2.52. The molecule has 31 heavy (non-hydrogen) atoms. The molecule has 0 radical (unpaired) electrons. The van der Waals surface area contributed by atoms with Gasteiger partial charge in [0.15, 0.2) is 5.82 Å². The van der Waals surface area contributed by atoms with Crippen molar-refractivity contribution in [2.75, 3.05) is 44.2 Å². The Morgan fingerprint density at radius 3 is 2.65 bits per heavy atom. The number of pyridine rings is 1. The maximum Gasteiger partial charge on any atom is 0.341 e. The summed E-state index contributed by atoms with van der Waals surface area (Å²) >= 11 is 0. The molecule has 1 aromatic carbocycles. The molecule has 2 fully saturated rings. The van der Waals surface area contributed by atoms with E-state index in [0.29, 0.717) is 19.7 Å². The number of halogens is 2. The van der Waals surface area contributed by atoms with Crippen LogP contribution in [-0.4, -0.2) is 66.0 Å². The Balaban J connectivity index is 1.71. The van der Waals surface area contributed by atoms with Crippen molar-refractivity contribution in [3.8, 4) is 0 Å². The fourth-order valence-electron chi connectivity index (χ4n) is 4.63. The van der Waals surface area contributed by atoms with Crippen LogP contribution in [0.4, 0.5) is 14.5 Å². The second-order valence-electron chi connectivity index (χ2n) is 8.18. The quantitative estimate of drug-likeness (QED) is 0.779. The molecule has 0 bridgehead atoms. The molecule has 4 rings (SSSR count). The molecular formula is C22H27F2N3O4. The molecule has 0 aliphatic carbocycles. The van der Waals surface area contributed by atoms with Crippen LogP contribution in [-0.2, 0) is 11.3 Å². The SMILES string of the molecule is CCn1cc(C(=O)O)c(=O)c2cc(F)c(N3CCOC(CN4CCCCC4)C3)c(F)c21. The van der Waals surface area contributed by atoms with Gasteiger partial charge in [-0.05, 0) is 38.9 Å². The van der Waals surface area contributed by atoms with Crippen LogP contribution < -0.4 is 10.3 Å². The van der Waals surface area contributed by atoms with Crippen molar-refractivity contribution >= 4 is 22.6 Å². The summed E-state index contributed by atoms with van der Waals surface area (Å²) < 4.78 is 37.9. The van der Waals surface area contributed by atoms with Crippen molar-refractivity contribution in [2.24, 2.45) is 0 Å². The predicted molar refractivity (Wildman–Crippen MR) is 113 cm³/mol. The van der Waals surface area contributed by atoms with Crippen LogP contribution in [0.2, 0.25) is 0 Å². The van der Waals surface area contributed by atoms with E-state index in [9.17, 15) is 14.7 Å². The molecule has 2 aliphatic rings. The topological polar surface area (TPSA) is 75.0 Å². The molecule has 0 amide bonds. The largest absolute Gasteiger partial charge is 0.477 e. The first-order valence-corrected chi connectivity index (χ1v) is 10.8. The van der Waals surface area contributed by atoms with Gasteiger partial charge in [0, 0.05) is 32.4 Å². The van der Waals surface area contributed by atoms with E-state index in [1.54, 1.807) is 11.8 Å². The van der Waals surface area contributed by atoms with E-state index in [0.717, 1.165) is 44.7 Å². The zero-order chi connectivity index (χ0) is 22.1. The van der Waals surface area contributed by atoms with Gasteiger partial charge < -0.3 is 24.2 Å². The van der Waals surface area contributed by atoms with Gasteiger partial charge in [0.1, 0.15) is 17.1 Å². The van der Waals surface area contributed by atoms with E-state index in [-0.39, 0.29) is 29.2 Å². The zero-order valence-electron chi connectivity index (χ0n) is 17.6. The van der Waals surface area contributed by atoms with Gasteiger partial charge in [0.05, 0.1) is 23.6 Å². The van der Waals surface area contributed by atoms with Crippen molar-refractivity contribution in [3.05, 3.63) is 39.7 Å². The number of benzene rings is 1. The molecule has 2 aliphatic heterocycles. The third-order valence-electron chi connectivity index (χ3n) is 6.17. The maximum atomic E-state index is 15.6. The number of aryl methyl sites for hydroxylation is 1. The molecule has 1 atom stereocenters. The van der Waals surface area contributed by atoms with Crippen LogP contribution in [0.3, 0.4) is 0 Å². The predicted octanol–water partition coefficient (Wildman–Crippen LogP) is 2.69. The van der Waals surface area contributed by atoms with Gasteiger partial charge in [0.2, 0.25) is 5.43 Å². The molecule has 168 valence electrons. The normalized spacial score (nSPS) is 20.4. The standard InChI is InChI=1S/C22H27F2N3O4/c1-2-26-13-16(22(29)30)21(28)15-10-17(23)20(18(24)19(15)26)27-8-9-31-14(12-27)11-25-6-4-3-5-7-25/h10,13-14H,2-9,11-12H2,1H3,(H,29,30). The van der Waals surface area contributed by atoms with Crippen molar-refractivity contribution in [2.45, 2.75) is 38.8 Å². The minimum atomic E-state index is -1.42. The smallest absolute Gasteiger partial charge is 0.341 e. The monoisotopic (exact) mass is 435 g/mol. The number of ether oxygens (including phenoxy) is 1. The number of aromatic nitrogens is 1. The number of fused-ring (bicyclic) bond motifs is 1. The number of anilines is 1. The maximum absolute atomic E-state index is 15.6. The third-order valence-corrected chi connectivity index (χ3v) is 6.17. The average Bonchev–Trinajstić information content (AvgIpc) is 2.75. The Bertz CT molecular complexity index is 1050. The van der Waals surface area contributed by atoms with E-state index >= 15 is 8.78 Å². The van der Waals surface area contributed by atoms with Crippen LogP contribution in [0, 0.1) is 11.6 Å². The molecule has 2 aromatic rings. The van der Waals surface area contributed by atoms with Gasteiger partial charge in [0.25, 0.3) is 0 Å². The lowest BCUT2D eigenvalue weighted by atomic mass is 10.1. The highest BCUT2D eigenvalue weighted by Crippen LogP contribution is 2.31. The van der Waals surface area contributed by atoms with Crippen molar-refractivity contribution in [1.82, 2.24) is 9.47 Å². The number of likely N-dealkylation sites (tertiary alicyclic amines) is 1. The average molecular weight is 435 g/mol. The lowest BCUT2D eigenvalue weighted by Crippen LogP contribution is -2.49. The number of carbonyl (C=O) groups is 1. The zero-order valence-corrected chi connectivity index (χ0v) is 17.6. The summed E-state index contributed by atoms with van der Waals surface area (Å²) in [6.07, 6.45) is 4.49. The van der Waals surface area contributed by atoms with Gasteiger partial charge in [-0.2, -0.15) is 0 Å². The summed E-state index contributed by atoms with van der Waals surface area (Å²) in [5, 5.41) is 9.01.